The molecule has 1 aromatic rings. The Morgan fingerprint density at radius 3 is 2.38 bits per heavy atom. The van der Waals surface area contributed by atoms with Crippen molar-refractivity contribution in [2.75, 3.05) is 0 Å². The first-order chi connectivity index (χ1) is 10.1. The van der Waals surface area contributed by atoms with Gasteiger partial charge in [-0.2, -0.15) is 0 Å². The standard InChI is InChI=1S/C18H19BrO2/c19-14-3-1-13(2-4-14)18-8-11-5-12(9-18)7-17(6-11)10-15(20)21-16(17)18/h1-4,11-12,16H,5-10H2/t11?,12?,16-,17?,18?/m0/s1. The number of ether oxygens (including phenoxy) is 1. The van der Waals surface area contributed by atoms with Crippen LogP contribution in [0.4, 0.5) is 0 Å². The van der Waals surface area contributed by atoms with Crippen molar-refractivity contribution in [2.45, 2.75) is 50.0 Å². The van der Waals surface area contributed by atoms with E-state index >= 15 is 0 Å². The number of esters is 1. The molecule has 0 aromatic heterocycles. The molecule has 1 aromatic carbocycles. The van der Waals surface area contributed by atoms with Crippen LogP contribution in [0.1, 0.15) is 44.1 Å². The summed E-state index contributed by atoms with van der Waals surface area (Å²) in [6.07, 6.45) is 7.04. The molecule has 1 spiro atoms. The molecular formula is C18H19BrO2. The zero-order chi connectivity index (χ0) is 14.2. The third kappa shape index (κ3) is 1.56. The Labute approximate surface area is 133 Å². The quantitative estimate of drug-likeness (QED) is 0.712. The van der Waals surface area contributed by atoms with E-state index in [4.69, 9.17) is 4.74 Å². The van der Waals surface area contributed by atoms with E-state index in [0.717, 1.165) is 16.3 Å². The van der Waals surface area contributed by atoms with Gasteiger partial charge >= 0.3 is 5.97 Å². The maximum Gasteiger partial charge on any atom is 0.306 e. The molecule has 110 valence electrons. The predicted molar refractivity (Wildman–Crippen MR) is 82.8 cm³/mol. The molecule has 2 nitrogen and oxygen atoms in total. The van der Waals surface area contributed by atoms with Crippen molar-refractivity contribution in [3.05, 3.63) is 34.3 Å². The van der Waals surface area contributed by atoms with Gasteiger partial charge in [0.1, 0.15) is 6.10 Å². The van der Waals surface area contributed by atoms with Gasteiger partial charge in [0.25, 0.3) is 0 Å². The lowest BCUT2D eigenvalue weighted by Gasteiger charge is -2.63. The lowest BCUT2D eigenvalue weighted by atomic mass is 9.41. The van der Waals surface area contributed by atoms with Gasteiger partial charge in [-0.05, 0) is 61.6 Å². The second kappa shape index (κ2) is 3.92. The Morgan fingerprint density at radius 2 is 1.71 bits per heavy atom. The Kier molecular flexibility index (Phi) is 2.37. The lowest BCUT2D eigenvalue weighted by Crippen LogP contribution is -2.62. The van der Waals surface area contributed by atoms with Gasteiger partial charge in [-0.1, -0.05) is 28.1 Å². The molecule has 1 aliphatic heterocycles. The zero-order valence-electron chi connectivity index (χ0n) is 12.0. The van der Waals surface area contributed by atoms with E-state index in [9.17, 15) is 4.79 Å². The summed E-state index contributed by atoms with van der Waals surface area (Å²) < 4.78 is 7.05. The molecule has 3 heteroatoms. The van der Waals surface area contributed by atoms with Gasteiger partial charge in [-0.3, -0.25) is 4.79 Å². The monoisotopic (exact) mass is 346 g/mol. The summed E-state index contributed by atoms with van der Waals surface area (Å²) in [4.78, 5) is 12.1. The van der Waals surface area contributed by atoms with Crippen LogP contribution in [-0.2, 0) is 14.9 Å². The molecule has 3 atom stereocenters. The minimum atomic E-state index is 0.0460. The predicted octanol–water partition coefficient (Wildman–Crippen LogP) is 4.21. The minimum Gasteiger partial charge on any atom is -0.461 e. The number of benzene rings is 1. The number of carbonyl (C=O) groups is 1. The van der Waals surface area contributed by atoms with Crippen LogP contribution in [0.25, 0.3) is 0 Å². The number of carbonyl (C=O) groups excluding carboxylic acids is 1. The van der Waals surface area contributed by atoms with E-state index in [1.54, 1.807) is 0 Å². The van der Waals surface area contributed by atoms with Gasteiger partial charge in [0.05, 0.1) is 6.42 Å². The topological polar surface area (TPSA) is 26.3 Å². The molecule has 4 saturated carbocycles. The second-order valence-corrected chi connectivity index (χ2v) is 8.77. The molecule has 2 unspecified atom stereocenters. The third-order valence-corrected chi connectivity index (χ3v) is 7.11. The van der Waals surface area contributed by atoms with E-state index in [-0.39, 0.29) is 22.9 Å². The highest BCUT2D eigenvalue weighted by Gasteiger charge is 2.68. The van der Waals surface area contributed by atoms with E-state index in [0.29, 0.717) is 6.42 Å². The minimum absolute atomic E-state index is 0.0460. The van der Waals surface area contributed by atoms with Gasteiger partial charge in [0.2, 0.25) is 0 Å². The van der Waals surface area contributed by atoms with Gasteiger partial charge < -0.3 is 4.74 Å². The SMILES string of the molecule is O=C1CC23CC4CC(C2)CC(c2ccc(Br)cc2)(C4)[C@H]3O1. The Balaban J connectivity index is 1.68. The average molecular weight is 347 g/mol. The number of rotatable bonds is 1. The summed E-state index contributed by atoms with van der Waals surface area (Å²) in [5.74, 6) is 1.64. The molecule has 0 N–H and O–H groups in total. The van der Waals surface area contributed by atoms with Crippen LogP contribution in [0.2, 0.25) is 0 Å². The van der Waals surface area contributed by atoms with Crippen LogP contribution in [0, 0.1) is 17.3 Å². The Bertz CT molecular complexity index is 607. The molecule has 1 heterocycles. The molecule has 6 rings (SSSR count). The first-order valence-electron chi connectivity index (χ1n) is 8.05. The van der Waals surface area contributed by atoms with Crippen molar-refractivity contribution in [1.82, 2.24) is 0 Å². The zero-order valence-corrected chi connectivity index (χ0v) is 13.6. The van der Waals surface area contributed by atoms with Gasteiger partial charge in [0, 0.05) is 15.3 Å². The summed E-state index contributed by atoms with van der Waals surface area (Å²) in [6, 6.07) is 8.77. The number of hydrogen-bond donors (Lipinski definition) is 0. The molecule has 0 radical (unpaired) electrons. The Hall–Kier alpha value is -0.830. The molecule has 5 aliphatic rings. The van der Waals surface area contributed by atoms with Gasteiger partial charge in [0.15, 0.2) is 0 Å². The summed E-state index contributed by atoms with van der Waals surface area (Å²) in [7, 11) is 0. The maximum atomic E-state index is 12.1. The lowest BCUT2D eigenvalue weighted by molar-refractivity contribution is -0.164. The average Bonchev–Trinajstić information content (AvgIpc) is 2.75. The molecule has 5 fully saturated rings. The van der Waals surface area contributed by atoms with Crippen molar-refractivity contribution in [2.24, 2.45) is 17.3 Å². The van der Waals surface area contributed by atoms with E-state index < -0.39 is 0 Å². The molecule has 21 heavy (non-hydrogen) atoms. The third-order valence-electron chi connectivity index (χ3n) is 6.59. The fourth-order valence-corrected chi connectivity index (χ4v) is 6.68. The van der Waals surface area contributed by atoms with E-state index in [1.165, 1.54) is 37.7 Å². The van der Waals surface area contributed by atoms with Crippen molar-refractivity contribution >= 4 is 21.9 Å². The molecular weight excluding hydrogens is 328 g/mol. The first kappa shape index (κ1) is 12.7. The highest BCUT2D eigenvalue weighted by Crippen LogP contribution is 2.69. The highest BCUT2D eigenvalue weighted by molar-refractivity contribution is 9.10. The highest BCUT2D eigenvalue weighted by atomic mass is 79.9. The van der Waals surface area contributed by atoms with Crippen LogP contribution in [0.3, 0.4) is 0 Å². The Morgan fingerprint density at radius 1 is 1.05 bits per heavy atom. The van der Waals surface area contributed by atoms with Crippen molar-refractivity contribution in [3.63, 3.8) is 0 Å². The van der Waals surface area contributed by atoms with Crippen LogP contribution < -0.4 is 0 Å². The van der Waals surface area contributed by atoms with Crippen molar-refractivity contribution in [1.29, 1.82) is 0 Å². The van der Waals surface area contributed by atoms with Crippen molar-refractivity contribution in [3.8, 4) is 0 Å². The summed E-state index contributed by atoms with van der Waals surface area (Å²) in [6.45, 7) is 0. The second-order valence-electron chi connectivity index (χ2n) is 7.86. The van der Waals surface area contributed by atoms with Crippen molar-refractivity contribution < 1.29 is 9.53 Å². The number of hydrogen-bond acceptors (Lipinski definition) is 2. The first-order valence-corrected chi connectivity index (χ1v) is 8.85. The summed E-state index contributed by atoms with van der Waals surface area (Å²) in [5.41, 5.74) is 1.65. The van der Waals surface area contributed by atoms with Crippen LogP contribution in [0.5, 0.6) is 0 Å². The molecule has 4 aliphatic carbocycles. The number of halogens is 1. The van der Waals surface area contributed by atoms with Crippen LogP contribution in [-0.4, -0.2) is 12.1 Å². The largest absolute Gasteiger partial charge is 0.461 e. The van der Waals surface area contributed by atoms with Crippen LogP contribution >= 0.6 is 15.9 Å². The smallest absolute Gasteiger partial charge is 0.306 e. The van der Waals surface area contributed by atoms with Gasteiger partial charge in [-0.15, -0.1) is 0 Å². The summed E-state index contributed by atoms with van der Waals surface area (Å²) >= 11 is 3.53. The van der Waals surface area contributed by atoms with Gasteiger partial charge in [-0.25, -0.2) is 0 Å². The fraction of sp³-hybridized carbons (Fsp3) is 0.611. The summed E-state index contributed by atoms with van der Waals surface area (Å²) in [5, 5.41) is 0. The van der Waals surface area contributed by atoms with Crippen LogP contribution in [0.15, 0.2) is 28.7 Å². The van der Waals surface area contributed by atoms with E-state index in [2.05, 4.69) is 40.2 Å². The fourth-order valence-electron chi connectivity index (χ4n) is 6.41. The normalized spacial score (nSPS) is 46.5. The molecule has 4 bridgehead atoms. The molecule has 0 amide bonds. The maximum absolute atomic E-state index is 12.1. The molecule has 1 saturated heterocycles. The van der Waals surface area contributed by atoms with E-state index in [1.807, 2.05) is 0 Å².